The second-order valence-electron chi connectivity index (χ2n) is 2.95. The molecule has 1 atom stereocenters. The van der Waals surface area contributed by atoms with E-state index in [-0.39, 0.29) is 0 Å². The highest BCUT2D eigenvalue weighted by Gasteiger charge is 2.20. The summed E-state index contributed by atoms with van der Waals surface area (Å²) in [5.74, 6) is -0.974. The van der Waals surface area contributed by atoms with E-state index >= 15 is 0 Å². The van der Waals surface area contributed by atoms with Crippen molar-refractivity contribution < 1.29 is 14.6 Å². The number of hydrogen-bond donors (Lipinski definition) is 1. The van der Waals surface area contributed by atoms with Crippen molar-refractivity contribution in [2.45, 2.75) is 13.0 Å². The lowest BCUT2D eigenvalue weighted by molar-refractivity contribution is -0.148. The molecule has 0 spiro atoms. The lowest BCUT2D eigenvalue weighted by Crippen LogP contribution is -2.14. The van der Waals surface area contributed by atoms with Crippen molar-refractivity contribution >= 4 is 21.9 Å². The molecule has 0 bridgehead atoms. The van der Waals surface area contributed by atoms with Crippen LogP contribution in [0.15, 0.2) is 22.7 Å². The largest absolute Gasteiger partial charge is 0.479 e. The Kier molecular flexibility index (Phi) is 3.66. The minimum Gasteiger partial charge on any atom is -0.479 e. The molecule has 0 aliphatic heterocycles. The molecule has 0 fully saturated rings. The molecule has 0 amide bonds. The molecule has 0 aliphatic carbocycles. The van der Waals surface area contributed by atoms with Crippen LogP contribution in [0.4, 0.5) is 0 Å². The van der Waals surface area contributed by atoms with E-state index in [4.69, 9.17) is 9.84 Å². The molecular weight excluding hydrogens is 248 g/mol. The van der Waals surface area contributed by atoms with Crippen molar-refractivity contribution in [1.82, 2.24) is 0 Å². The van der Waals surface area contributed by atoms with Gasteiger partial charge in [0, 0.05) is 11.6 Å². The lowest BCUT2D eigenvalue weighted by Gasteiger charge is -2.13. The van der Waals surface area contributed by atoms with E-state index in [1.807, 2.05) is 13.0 Å². The van der Waals surface area contributed by atoms with Gasteiger partial charge in [0.2, 0.25) is 0 Å². The minimum absolute atomic E-state index is 0.684. The smallest absolute Gasteiger partial charge is 0.337 e. The summed E-state index contributed by atoms with van der Waals surface area (Å²) in [6.45, 7) is 1.86. The summed E-state index contributed by atoms with van der Waals surface area (Å²) in [5.41, 5.74) is 1.58. The molecule has 1 unspecified atom stereocenters. The predicted octanol–water partition coefficient (Wildman–Crippen LogP) is 2.53. The Hall–Kier alpha value is -0.870. The molecule has 0 saturated carbocycles. The van der Waals surface area contributed by atoms with Crippen molar-refractivity contribution in [2.24, 2.45) is 0 Å². The van der Waals surface area contributed by atoms with Gasteiger partial charge in [0.15, 0.2) is 6.10 Å². The zero-order chi connectivity index (χ0) is 10.7. The van der Waals surface area contributed by atoms with Gasteiger partial charge in [-0.2, -0.15) is 0 Å². The summed E-state index contributed by atoms with van der Waals surface area (Å²) in [5, 5.41) is 8.88. The fourth-order valence-corrected chi connectivity index (χ4v) is 1.77. The quantitative estimate of drug-likeness (QED) is 0.907. The van der Waals surface area contributed by atoms with E-state index in [2.05, 4.69) is 15.9 Å². The molecule has 76 valence electrons. The number of ether oxygens (including phenoxy) is 1. The van der Waals surface area contributed by atoms with Crippen LogP contribution in [0.3, 0.4) is 0 Å². The summed E-state index contributed by atoms with van der Waals surface area (Å²) in [6.07, 6.45) is -0.886. The summed E-state index contributed by atoms with van der Waals surface area (Å²) in [7, 11) is 1.39. The van der Waals surface area contributed by atoms with Gasteiger partial charge in [-0.25, -0.2) is 4.79 Å². The first-order chi connectivity index (χ1) is 6.56. The molecule has 0 heterocycles. The van der Waals surface area contributed by atoms with E-state index < -0.39 is 12.1 Å². The van der Waals surface area contributed by atoms with Crippen LogP contribution < -0.4 is 0 Å². The van der Waals surface area contributed by atoms with Crippen LogP contribution in [0, 0.1) is 6.92 Å². The monoisotopic (exact) mass is 258 g/mol. The van der Waals surface area contributed by atoms with Gasteiger partial charge < -0.3 is 9.84 Å². The maximum atomic E-state index is 10.8. The third kappa shape index (κ3) is 2.33. The van der Waals surface area contributed by atoms with Crippen LogP contribution in [0.25, 0.3) is 0 Å². The zero-order valence-corrected chi connectivity index (χ0v) is 9.54. The molecule has 0 aromatic heterocycles. The van der Waals surface area contributed by atoms with Crippen LogP contribution >= 0.6 is 15.9 Å². The maximum Gasteiger partial charge on any atom is 0.337 e. The minimum atomic E-state index is -0.974. The highest BCUT2D eigenvalue weighted by molar-refractivity contribution is 9.10. The molecule has 0 aliphatic rings. The number of carboxylic acids is 1. The topological polar surface area (TPSA) is 46.5 Å². The molecule has 3 nitrogen and oxygen atoms in total. The Balaban J connectivity index is 3.10. The van der Waals surface area contributed by atoms with Crippen LogP contribution in [0.1, 0.15) is 17.2 Å². The standard InChI is InChI=1S/C10H11BrO3/c1-6-5-7(11)3-4-8(6)9(14-2)10(12)13/h3-5,9H,1-2H3,(H,12,13). The fourth-order valence-electron chi connectivity index (χ4n) is 1.29. The van der Waals surface area contributed by atoms with E-state index in [0.29, 0.717) is 5.56 Å². The predicted molar refractivity (Wildman–Crippen MR) is 56.3 cm³/mol. The Labute approximate surface area is 90.8 Å². The van der Waals surface area contributed by atoms with Gasteiger partial charge in [-0.15, -0.1) is 0 Å². The SMILES string of the molecule is COC(C(=O)O)c1ccc(Br)cc1C. The highest BCUT2D eigenvalue weighted by atomic mass is 79.9. The molecule has 0 saturated heterocycles. The van der Waals surface area contributed by atoms with Crippen molar-refractivity contribution in [2.75, 3.05) is 7.11 Å². The fraction of sp³-hybridized carbons (Fsp3) is 0.300. The van der Waals surface area contributed by atoms with Gasteiger partial charge in [0.1, 0.15) is 0 Å². The summed E-state index contributed by atoms with van der Waals surface area (Å²) < 4.78 is 5.83. The van der Waals surface area contributed by atoms with Crippen LogP contribution in [-0.4, -0.2) is 18.2 Å². The van der Waals surface area contributed by atoms with Crippen molar-refractivity contribution in [3.8, 4) is 0 Å². The van der Waals surface area contributed by atoms with Crippen LogP contribution in [0.2, 0.25) is 0 Å². The third-order valence-corrected chi connectivity index (χ3v) is 2.47. The van der Waals surface area contributed by atoms with Gasteiger partial charge in [0.05, 0.1) is 0 Å². The molecule has 1 aromatic carbocycles. The maximum absolute atomic E-state index is 10.8. The molecular formula is C10H11BrO3. The molecule has 1 N–H and O–H groups in total. The Bertz CT molecular complexity index is 349. The van der Waals surface area contributed by atoms with Gasteiger partial charge >= 0.3 is 5.97 Å². The molecule has 14 heavy (non-hydrogen) atoms. The second-order valence-corrected chi connectivity index (χ2v) is 3.87. The average molecular weight is 259 g/mol. The van der Waals surface area contributed by atoms with E-state index in [9.17, 15) is 4.79 Å². The lowest BCUT2D eigenvalue weighted by atomic mass is 10.0. The number of methoxy groups -OCH3 is 1. The van der Waals surface area contributed by atoms with Gasteiger partial charge in [-0.3, -0.25) is 0 Å². The number of carboxylic acid groups (broad SMARTS) is 1. The number of halogens is 1. The van der Waals surface area contributed by atoms with Crippen LogP contribution in [0.5, 0.6) is 0 Å². The van der Waals surface area contributed by atoms with Crippen molar-refractivity contribution in [3.05, 3.63) is 33.8 Å². The van der Waals surface area contributed by atoms with Gasteiger partial charge in [-0.05, 0) is 30.2 Å². The van der Waals surface area contributed by atoms with Crippen molar-refractivity contribution in [3.63, 3.8) is 0 Å². The summed E-state index contributed by atoms with van der Waals surface area (Å²) in [6, 6.07) is 5.42. The first kappa shape index (κ1) is 11.2. The number of rotatable bonds is 3. The first-order valence-electron chi connectivity index (χ1n) is 4.08. The molecule has 0 radical (unpaired) electrons. The zero-order valence-electron chi connectivity index (χ0n) is 7.95. The number of benzene rings is 1. The normalized spacial score (nSPS) is 12.5. The summed E-state index contributed by atoms with van der Waals surface area (Å²) >= 11 is 3.32. The van der Waals surface area contributed by atoms with Crippen molar-refractivity contribution in [1.29, 1.82) is 0 Å². The number of aliphatic carboxylic acids is 1. The summed E-state index contributed by atoms with van der Waals surface area (Å²) in [4.78, 5) is 10.8. The average Bonchev–Trinajstić information content (AvgIpc) is 2.09. The number of hydrogen-bond acceptors (Lipinski definition) is 2. The molecule has 4 heteroatoms. The first-order valence-corrected chi connectivity index (χ1v) is 4.87. The Morgan fingerprint density at radius 3 is 2.64 bits per heavy atom. The Morgan fingerprint density at radius 2 is 2.21 bits per heavy atom. The second kappa shape index (κ2) is 4.57. The molecule has 1 aromatic rings. The Morgan fingerprint density at radius 1 is 1.57 bits per heavy atom. The van der Waals surface area contributed by atoms with Gasteiger partial charge in [0.25, 0.3) is 0 Å². The van der Waals surface area contributed by atoms with E-state index in [1.54, 1.807) is 12.1 Å². The van der Waals surface area contributed by atoms with Gasteiger partial charge in [-0.1, -0.05) is 22.0 Å². The molecule has 1 rings (SSSR count). The highest BCUT2D eigenvalue weighted by Crippen LogP contribution is 2.23. The van der Waals surface area contributed by atoms with E-state index in [0.717, 1.165) is 10.0 Å². The number of carbonyl (C=O) groups is 1. The van der Waals surface area contributed by atoms with E-state index in [1.165, 1.54) is 7.11 Å². The van der Waals surface area contributed by atoms with Crippen LogP contribution in [-0.2, 0) is 9.53 Å². The number of aryl methyl sites for hydroxylation is 1. The third-order valence-electron chi connectivity index (χ3n) is 1.97.